The molecule has 152 valence electrons. The second-order valence-corrected chi connectivity index (χ2v) is 7.58. The average molecular weight is 393 g/mol. The molecule has 3 aromatic rings. The van der Waals surface area contributed by atoms with Crippen LogP contribution in [-0.4, -0.2) is 70.7 Å². The van der Waals surface area contributed by atoms with Crippen LogP contribution in [0.15, 0.2) is 36.7 Å². The molecule has 3 heterocycles. The van der Waals surface area contributed by atoms with Gasteiger partial charge in [0, 0.05) is 63.3 Å². The lowest BCUT2D eigenvalue weighted by molar-refractivity contribution is 0.0746. The number of nitrogens with zero attached hydrogens (tertiary/aromatic N) is 7. The van der Waals surface area contributed by atoms with Crippen LogP contribution in [0.1, 0.15) is 29.4 Å². The Labute approximate surface area is 170 Å². The summed E-state index contributed by atoms with van der Waals surface area (Å²) in [5, 5.41) is 8.12. The molecule has 0 unspecified atom stereocenters. The first-order valence-electron chi connectivity index (χ1n) is 10.1. The van der Waals surface area contributed by atoms with E-state index in [0.717, 1.165) is 48.7 Å². The van der Waals surface area contributed by atoms with Crippen molar-refractivity contribution < 1.29 is 4.79 Å². The lowest BCUT2D eigenvalue weighted by Crippen LogP contribution is -2.49. The smallest absolute Gasteiger partial charge is 0.256 e. The standard InChI is InChI=1S/C21H27N7O/c1-4-6-18-14-19(23-21-24-22-15-28(18)21)26-9-11-27(12-10-26)20(29)16-7-5-8-17(13-16)25(2)3/h5,7-8,13-15H,4,6,9-12H2,1-3H3. The predicted molar refractivity (Wildman–Crippen MR) is 114 cm³/mol. The Morgan fingerprint density at radius 1 is 1.14 bits per heavy atom. The van der Waals surface area contributed by atoms with E-state index in [1.54, 1.807) is 6.33 Å². The van der Waals surface area contributed by atoms with E-state index < -0.39 is 0 Å². The zero-order chi connectivity index (χ0) is 20.4. The normalized spacial score (nSPS) is 14.4. The molecule has 0 radical (unpaired) electrons. The van der Waals surface area contributed by atoms with E-state index in [9.17, 15) is 4.79 Å². The Bertz CT molecular complexity index is 1010. The molecule has 0 saturated carbocycles. The van der Waals surface area contributed by atoms with Crippen molar-refractivity contribution in [3.05, 3.63) is 47.9 Å². The number of hydrogen-bond donors (Lipinski definition) is 0. The minimum Gasteiger partial charge on any atom is -0.378 e. The van der Waals surface area contributed by atoms with Gasteiger partial charge in [0.25, 0.3) is 11.7 Å². The van der Waals surface area contributed by atoms with Gasteiger partial charge in [-0.25, -0.2) is 0 Å². The monoisotopic (exact) mass is 393 g/mol. The molecule has 0 atom stereocenters. The zero-order valence-corrected chi connectivity index (χ0v) is 17.2. The maximum absolute atomic E-state index is 12.9. The number of piperazine rings is 1. The van der Waals surface area contributed by atoms with Gasteiger partial charge < -0.3 is 14.7 Å². The van der Waals surface area contributed by atoms with Gasteiger partial charge >= 0.3 is 0 Å². The van der Waals surface area contributed by atoms with E-state index in [1.165, 1.54) is 0 Å². The summed E-state index contributed by atoms with van der Waals surface area (Å²) in [7, 11) is 3.96. The van der Waals surface area contributed by atoms with Crippen molar-refractivity contribution in [3.8, 4) is 0 Å². The van der Waals surface area contributed by atoms with Crippen LogP contribution in [0, 0.1) is 0 Å². The van der Waals surface area contributed by atoms with E-state index in [-0.39, 0.29) is 5.91 Å². The van der Waals surface area contributed by atoms with Crippen molar-refractivity contribution >= 4 is 23.2 Å². The van der Waals surface area contributed by atoms with Gasteiger partial charge in [0.15, 0.2) is 0 Å². The number of benzene rings is 1. The Hall–Kier alpha value is -3.16. The fraction of sp³-hybridized carbons (Fsp3) is 0.429. The van der Waals surface area contributed by atoms with Crippen LogP contribution < -0.4 is 9.80 Å². The summed E-state index contributed by atoms with van der Waals surface area (Å²) < 4.78 is 1.95. The van der Waals surface area contributed by atoms with Crippen molar-refractivity contribution in [2.75, 3.05) is 50.1 Å². The quantitative estimate of drug-likeness (QED) is 0.661. The van der Waals surface area contributed by atoms with Crippen LogP contribution in [0.3, 0.4) is 0 Å². The van der Waals surface area contributed by atoms with E-state index in [4.69, 9.17) is 0 Å². The van der Waals surface area contributed by atoms with Gasteiger partial charge in [0.2, 0.25) is 0 Å². The largest absolute Gasteiger partial charge is 0.378 e. The van der Waals surface area contributed by atoms with Crippen molar-refractivity contribution in [1.29, 1.82) is 0 Å². The van der Waals surface area contributed by atoms with E-state index >= 15 is 0 Å². The molecule has 1 aliphatic rings. The van der Waals surface area contributed by atoms with Gasteiger partial charge in [-0.3, -0.25) is 9.20 Å². The van der Waals surface area contributed by atoms with Gasteiger partial charge in [0.05, 0.1) is 0 Å². The molecular weight excluding hydrogens is 366 g/mol. The fourth-order valence-corrected chi connectivity index (χ4v) is 3.71. The first kappa shape index (κ1) is 19.2. The molecule has 0 spiro atoms. The molecular formula is C21H27N7O. The Morgan fingerprint density at radius 2 is 1.93 bits per heavy atom. The molecule has 0 N–H and O–H groups in total. The number of rotatable bonds is 5. The van der Waals surface area contributed by atoms with Gasteiger partial charge in [0.1, 0.15) is 12.1 Å². The molecule has 1 fully saturated rings. The molecule has 1 saturated heterocycles. The molecule has 1 aliphatic heterocycles. The lowest BCUT2D eigenvalue weighted by Gasteiger charge is -2.35. The van der Waals surface area contributed by atoms with Gasteiger partial charge in [-0.05, 0) is 24.6 Å². The molecule has 1 aromatic carbocycles. The number of fused-ring (bicyclic) bond motifs is 1. The van der Waals surface area contributed by atoms with Crippen LogP contribution in [0.5, 0.6) is 0 Å². The molecule has 4 rings (SSSR count). The molecule has 8 nitrogen and oxygen atoms in total. The van der Waals surface area contributed by atoms with Crippen LogP contribution in [-0.2, 0) is 6.42 Å². The van der Waals surface area contributed by atoms with E-state index in [2.05, 4.69) is 33.1 Å². The van der Waals surface area contributed by atoms with E-state index in [1.807, 2.05) is 52.6 Å². The number of hydrogen-bond acceptors (Lipinski definition) is 6. The number of carbonyl (C=O) groups is 1. The second kappa shape index (κ2) is 8.06. The summed E-state index contributed by atoms with van der Waals surface area (Å²) >= 11 is 0. The van der Waals surface area contributed by atoms with Crippen LogP contribution >= 0.6 is 0 Å². The summed E-state index contributed by atoms with van der Waals surface area (Å²) in [4.78, 5) is 23.8. The summed E-state index contributed by atoms with van der Waals surface area (Å²) in [6.45, 7) is 5.01. The third kappa shape index (κ3) is 3.87. The van der Waals surface area contributed by atoms with Crippen molar-refractivity contribution in [2.45, 2.75) is 19.8 Å². The topological polar surface area (TPSA) is 69.9 Å². The zero-order valence-electron chi connectivity index (χ0n) is 17.2. The van der Waals surface area contributed by atoms with Crippen LogP contribution in [0.25, 0.3) is 5.78 Å². The maximum atomic E-state index is 12.9. The van der Waals surface area contributed by atoms with Crippen molar-refractivity contribution in [2.24, 2.45) is 0 Å². The average Bonchev–Trinajstić information content (AvgIpc) is 3.22. The molecule has 2 aromatic heterocycles. The maximum Gasteiger partial charge on any atom is 0.256 e. The van der Waals surface area contributed by atoms with Crippen molar-refractivity contribution in [1.82, 2.24) is 24.5 Å². The lowest BCUT2D eigenvalue weighted by atomic mass is 10.1. The molecule has 8 heteroatoms. The Kier molecular flexibility index (Phi) is 5.33. The van der Waals surface area contributed by atoms with Crippen LogP contribution in [0.4, 0.5) is 11.5 Å². The third-order valence-corrected chi connectivity index (χ3v) is 5.36. The summed E-state index contributed by atoms with van der Waals surface area (Å²) in [6, 6.07) is 9.91. The number of aromatic nitrogens is 4. The summed E-state index contributed by atoms with van der Waals surface area (Å²) in [5.41, 5.74) is 2.93. The molecule has 1 amide bonds. The predicted octanol–water partition coefficient (Wildman–Crippen LogP) is 2.11. The first-order valence-corrected chi connectivity index (χ1v) is 10.1. The number of aryl methyl sites for hydroxylation is 1. The van der Waals surface area contributed by atoms with Crippen LogP contribution in [0.2, 0.25) is 0 Å². The highest BCUT2D eigenvalue weighted by molar-refractivity contribution is 5.95. The minimum atomic E-state index is 0.0842. The Balaban J connectivity index is 1.47. The fourth-order valence-electron chi connectivity index (χ4n) is 3.71. The van der Waals surface area contributed by atoms with Gasteiger partial charge in [-0.1, -0.05) is 19.4 Å². The van der Waals surface area contributed by atoms with Crippen molar-refractivity contribution in [3.63, 3.8) is 0 Å². The molecule has 0 aliphatic carbocycles. The number of carbonyl (C=O) groups excluding carboxylic acids is 1. The number of amides is 1. The summed E-state index contributed by atoms with van der Waals surface area (Å²) in [6.07, 6.45) is 3.71. The Morgan fingerprint density at radius 3 is 2.66 bits per heavy atom. The van der Waals surface area contributed by atoms with E-state index in [0.29, 0.717) is 18.9 Å². The first-order chi connectivity index (χ1) is 14.1. The number of anilines is 2. The highest BCUT2D eigenvalue weighted by Crippen LogP contribution is 2.20. The highest BCUT2D eigenvalue weighted by Gasteiger charge is 2.24. The highest BCUT2D eigenvalue weighted by atomic mass is 16.2. The summed E-state index contributed by atoms with van der Waals surface area (Å²) in [5.74, 6) is 1.63. The second-order valence-electron chi connectivity index (χ2n) is 7.58. The molecule has 0 bridgehead atoms. The minimum absolute atomic E-state index is 0.0842. The molecule has 29 heavy (non-hydrogen) atoms. The van der Waals surface area contributed by atoms with Gasteiger partial charge in [-0.15, -0.1) is 10.2 Å². The van der Waals surface area contributed by atoms with Gasteiger partial charge in [-0.2, -0.15) is 4.98 Å². The third-order valence-electron chi connectivity index (χ3n) is 5.36. The SMILES string of the molecule is CCCc1cc(N2CCN(C(=O)c3cccc(N(C)C)c3)CC2)nc2nncn12.